The highest BCUT2D eigenvalue weighted by Gasteiger charge is 2.49. The molecule has 1 aromatic rings. The standard InChI is InChI=1S/C19H25FN2O2/c1-2-4-17(23)22-12-10-19(14-22)9-3-11-21(18(19)24)13-15-5-7-16(20)8-6-15/h5-8H,2-4,9-14H2,1H3/t19-/m0/s1. The number of likely N-dealkylation sites (tertiary alicyclic amines) is 2. The fourth-order valence-electron chi connectivity index (χ4n) is 3.95. The van der Waals surface area contributed by atoms with Gasteiger partial charge in [-0.05, 0) is 43.4 Å². The number of carbonyl (C=O) groups excluding carboxylic acids is 2. The molecular formula is C19H25FN2O2. The highest BCUT2D eigenvalue weighted by atomic mass is 19.1. The summed E-state index contributed by atoms with van der Waals surface area (Å²) in [6, 6.07) is 6.33. The quantitative estimate of drug-likeness (QED) is 0.850. The van der Waals surface area contributed by atoms with E-state index in [1.807, 2.05) is 16.7 Å². The van der Waals surface area contributed by atoms with Crippen molar-refractivity contribution in [1.29, 1.82) is 0 Å². The number of benzene rings is 1. The van der Waals surface area contributed by atoms with Gasteiger partial charge in [-0.15, -0.1) is 0 Å². The Kier molecular flexibility index (Phi) is 4.88. The molecule has 0 N–H and O–H groups in total. The maximum absolute atomic E-state index is 13.1. The molecule has 0 unspecified atom stereocenters. The molecule has 0 saturated carbocycles. The first-order valence-corrected chi connectivity index (χ1v) is 8.86. The average molecular weight is 332 g/mol. The van der Waals surface area contributed by atoms with Gasteiger partial charge in [0.15, 0.2) is 0 Å². The van der Waals surface area contributed by atoms with Crippen LogP contribution in [0.25, 0.3) is 0 Å². The topological polar surface area (TPSA) is 40.6 Å². The van der Waals surface area contributed by atoms with Crippen LogP contribution < -0.4 is 0 Å². The summed E-state index contributed by atoms with van der Waals surface area (Å²) in [4.78, 5) is 29.0. The van der Waals surface area contributed by atoms with Crippen molar-refractivity contribution in [2.24, 2.45) is 5.41 Å². The zero-order valence-corrected chi connectivity index (χ0v) is 14.3. The molecule has 0 bridgehead atoms. The highest BCUT2D eigenvalue weighted by Crippen LogP contribution is 2.40. The second kappa shape index (κ2) is 6.91. The molecule has 4 nitrogen and oxygen atoms in total. The minimum absolute atomic E-state index is 0.157. The molecule has 2 aliphatic heterocycles. The minimum Gasteiger partial charge on any atom is -0.342 e. The lowest BCUT2D eigenvalue weighted by Gasteiger charge is -2.39. The smallest absolute Gasteiger partial charge is 0.230 e. The lowest BCUT2D eigenvalue weighted by molar-refractivity contribution is -0.146. The Hall–Kier alpha value is -1.91. The molecule has 0 aromatic heterocycles. The zero-order valence-electron chi connectivity index (χ0n) is 14.3. The van der Waals surface area contributed by atoms with Gasteiger partial charge in [0.1, 0.15) is 5.82 Å². The van der Waals surface area contributed by atoms with Crippen molar-refractivity contribution < 1.29 is 14.0 Å². The fourth-order valence-corrected chi connectivity index (χ4v) is 3.95. The second-order valence-electron chi connectivity index (χ2n) is 7.05. The van der Waals surface area contributed by atoms with Crippen molar-refractivity contribution in [3.05, 3.63) is 35.6 Å². The van der Waals surface area contributed by atoms with Crippen molar-refractivity contribution in [3.63, 3.8) is 0 Å². The molecule has 1 spiro atoms. The van der Waals surface area contributed by atoms with E-state index in [1.165, 1.54) is 12.1 Å². The van der Waals surface area contributed by atoms with Crippen LogP contribution in [-0.4, -0.2) is 41.2 Å². The molecule has 2 amide bonds. The molecule has 2 fully saturated rings. The predicted octanol–water partition coefficient (Wildman–Crippen LogP) is 2.97. The van der Waals surface area contributed by atoms with Crippen LogP contribution in [0.15, 0.2) is 24.3 Å². The number of rotatable bonds is 4. The Labute approximate surface area is 142 Å². The first-order chi connectivity index (χ1) is 11.5. The Morgan fingerprint density at radius 1 is 1.21 bits per heavy atom. The minimum atomic E-state index is -0.401. The van der Waals surface area contributed by atoms with Gasteiger partial charge in [-0.2, -0.15) is 0 Å². The number of hydrogen-bond acceptors (Lipinski definition) is 2. The number of nitrogens with zero attached hydrogens (tertiary/aromatic N) is 2. The molecule has 2 aliphatic rings. The third-order valence-corrected chi connectivity index (χ3v) is 5.28. The van der Waals surface area contributed by atoms with E-state index in [9.17, 15) is 14.0 Å². The zero-order chi connectivity index (χ0) is 17.2. The van der Waals surface area contributed by atoms with Crippen LogP contribution in [0.4, 0.5) is 4.39 Å². The summed E-state index contributed by atoms with van der Waals surface area (Å²) in [5.41, 5.74) is 0.542. The van der Waals surface area contributed by atoms with Crippen LogP contribution in [0.3, 0.4) is 0 Å². The van der Waals surface area contributed by atoms with Gasteiger partial charge in [0, 0.05) is 32.6 Å². The number of carbonyl (C=O) groups is 2. The fraction of sp³-hybridized carbons (Fsp3) is 0.579. The lowest BCUT2D eigenvalue weighted by atomic mass is 9.78. The molecule has 3 rings (SSSR count). The van der Waals surface area contributed by atoms with Crippen molar-refractivity contribution >= 4 is 11.8 Å². The van der Waals surface area contributed by atoms with Gasteiger partial charge in [0.2, 0.25) is 11.8 Å². The highest BCUT2D eigenvalue weighted by molar-refractivity contribution is 5.86. The molecule has 130 valence electrons. The van der Waals surface area contributed by atoms with E-state index in [0.29, 0.717) is 26.1 Å². The Morgan fingerprint density at radius 2 is 1.96 bits per heavy atom. The van der Waals surface area contributed by atoms with Gasteiger partial charge in [0.05, 0.1) is 5.41 Å². The molecule has 2 heterocycles. The van der Waals surface area contributed by atoms with Crippen LogP contribution in [0, 0.1) is 11.2 Å². The molecule has 24 heavy (non-hydrogen) atoms. The van der Waals surface area contributed by atoms with Crippen LogP contribution in [0.5, 0.6) is 0 Å². The number of amides is 2. The maximum Gasteiger partial charge on any atom is 0.230 e. The van der Waals surface area contributed by atoms with E-state index < -0.39 is 5.41 Å². The Morgan fingerprint density at radius 3 is 2.67 bits per heavy atom. The largest absolute Gasteiger partial charge is 0.342 e. The van der Waals surface area contributed by atoms with Crippen molar-refractivity contribution in [1.82, 2.24) is 9.80 Å². The van der Waals surface area contributed by atoms with Gasteiger partial charge in [-0.25, -0.2) is 4.39 Å². The third-order valence-electron chi connectivity index (χ3n) is 5.28. The van der Waals surface area contributed by atoms with Crippen molar-refractivity contribution in [3.8, 4) is 0 Å². The number of piperidine rings is 1. The monoisotopic (exact) mass is 332 g/mol. The molecule has 0 aliphatic carbocycles. The average Bonchev–Trinajstić information content (AvgIpc) is 3.00. The van der Waals surface area contributed by atoms with Crippen LogP contribution in [-0.2, 0) is 16.1 Å². The van der Waals surface area contributed by atoms with E-state index in [2.05, 4.69) is 0 Å². The van der Waals surface area contributed by atoms with E-state index in [1.54, 1.807) is 12.1 Å². The summed E-state index contributed by atoms with van der Waals surface area (Å²) in [6.07, 6.45) is 3.99. The number of hydrogen-bond donors (Lipinski definition) is 0. The van der Waals surface area contributed by atoms with Crippen molar-refractivity contribution in [2.75, 3.05) is 19.6 Å². The molecule has 0 radical (unpaired) electrons. The molecule has 1 atom stereocenters. The van der Waals surface area contributed by atoms with E-state index >= 15 is 0 Å². The summed E-state index contributed by atoms with van der Waals surface area (Å²) in [5, 5.41) is 0. The summed E-state index contributed by atoms with van der Waals surface area (Å²) in [7, 11) is 0. The van der Waals surface area contributed by atoms with Crippen LogP contribution >= 0.6 is 0 Å². The van der Waals surface area contributed by atoms with E-state index in [4.69, 9.17) is 0 Å². The molecule has 5 heteroatoms. The SMILES string of the molecule is CCCC(=O)N1CC[C@@]2(CCCN(Cc3ccc(F)cc3)C2=O)C1. The molecular weight excluding hydrogens is 307 g/mol. The third kappa shape index (κ3) is 3.30. The normalized spacial score (nSPS) is 24.0. The van der Waals surface area contributed by atoms with Gasteiger partial charge in [-0.3, -0.25) is 9.59 Å². The van der Waals surface area contributed by atoms with Crippen LogP contribution in [0.2, 0.25) is 0 Å². The van der Waals surface area contributed by atoms with Gasteiger partial charge in [0.25, 0.3) is 0 Å². The summed E-state index contributed by atoms with van der Waals surface area (Å²) in [5.74, 6) is 0.0590. The summed E-state index contributed by atoms with van der Waals surface area (Å²) >= 11 is 0. The predicted molar refractivity (Wildman–Crippen MR) is 89.6 cm³/mol. The van der Waals surface area contributed by atoms with Gasteiger partial charge < -0.3 is 9.80 Å². The number of halogens is 1. The van der Waals surface area contributed by atoms with Gasteiger partial charge >= 0.3 is 0 Å². The van der Waals surface area contributed by atoms with Crippen LogP contribution in [0.1, 0.15) is 44.6 Å². The maximum atomic E-state index is 13.1. The van der Waals surface area contributed by atoms with Gasteiger partial charge in [-0.1, -0.05) is 19.1 Å². The Bertz CT molecular complexity index is 616. The van der Waals surface area contributed by atoms with E-state index in [0.717, 1.165) is 37.8 Å². The first-order valence-electron chi connectivity index (χ1n) is 8.86. The molecule has 2 saturated heterocycles. The summed E-state index contributed by atoms with van der Waals surface area (Å²) in [6.45, 7) is 4.50. The first kappa shape index (κ1) is 16.9. The molecule has 1 aromatic carbocycles. The second-order valence-corrected chi connectivity index (χ2v) is 7.05. The van der Waals surface area contributed by atoms with E-state index in [-0.39, 0.29) is 17.6 Å². The van der Waals surface area contributed by atoms with Crippen molar-refractivity contribution in [2.45, 2.75) is 45.6 Å². The lowest BCUT2D eigenvalue weighted by Crippen LogP contribution is -2.50. The Balaban J connectivity index is 1.69. The summed E-state index contributed by atoms with van der Waals surface area (Å²) < 4.78 is 13.0.